The van der Waals surface area contributed by atoms with E-state index in [0.717, 1.165) is 67.0 Å². The highest BCUT2D eigenvalue weighted by Crippen LogP contribution is 2.39. The van der Waals surface area contributed by atoms with Crippen molar-refractivity contribution >= 4 is 40.8 Å². The fourth-order valence-corrected chi connectivity index (χ4v) is 5.42. The molecular weight excluding hydrogens is 500 g/mol. The van der Waals surface area contributed by atoms with Crippen LogP contribution in [0.1, 0.15) is 31.4 Å². The maximum atomic E-state index is 12.1. The number of rotatable bonds is 10. The number of piperazine rings is 1. The van der Waals surface area contributed by atoms with Crippen LogP contribution >= 0.6 is 11.8 Å². The number of nitrogens with one attached hydrogen (secondary N) is 3. The zero-order valence-corrected chi connectivity index (χ0v) is 22.7. The first-order valence-electron chi connectivity index (χ1n) is 13.3. The largest absolute Gasteiger partial charge is 0.490 e. The highest BCUT2D eigenvalue weighted by molar-refractivity contribution is 7.99. The summed E-state index contributed by atoms with van der Waals surface area (Å²) in [6.45, 7) is 6.97. The summed E-state index contributed by atoms with van der Waals surface area (Å²) in [5.41, 5.74) is 1.76. The van der Waals surface area contributed by atoms with Crippen molar-refractivity contribution in [3.8, 4) is 5.75 Å². The zero-order chi connectivity index (χ0) is 26.1. The van der Waals surface area contributed by atoms with E-state index in [1.165, 1.54) is 31.1 Å². The highest BCUT2D eigenvalue weighted by atomic mass is 32.2. The van der Waals surface area contributed by atoms with Gasteiger partial charge in [-0.3, -0.25) is 14.8 Å². The van der Waals surface area contributed by atoms with Crippen LogP contribution in [-0.2, 0) is 4.79 Å². The molecule has 3 fully saturated rings. The molecule has 1 aromatic carbocycles. The van der Waals surface area contributed by atoms with Crippen LogP contribution in [0.25, 0.3) is 0 Å². The van der Waals surface area contributed by atoms with Crippen molar-refractivity contribution in [3.05, 3.63) is 36.0 Å². The Morgan fingerprint density at radius 2 is 1.87 bits per heavy atom. The molecule has 2 aromatic heterocycles. The molecule has 3 aromatic rings. The Kier molecular flexibility index (Phi) is 7.12. The third-order valence-corrected chi connectivity index (χ3v) is 8.02. The van der Waals surface area contributed by atoms with Gasteiger partial charge in [0.25, 0.3) is 0 Å². The molecule has 1 saturated heterocycles. The summed E-state index contributed by atoms with van der Waals surface area (Å²) >= 11 is 1.48. The van der Waals surface area contributed by atoms with Crippen LogP contribution in [0.3, 0.4) is 0 Å². The molecule has 0 spiro atoms. The van der Waals surface area contributed by atoms with Gasteiger partial charge in [0.1, 0.15) is 0 Å². The Hall–Kier alpha value is -3.31. The van der Waals surface area contributed by atoms with Crippen LogP contribution < -0.4 is 20.3 Å². The average Bonchev–Trinajstić information content (AvgIpc) is 3.85. The minimum atomic E-state index is 0.107. The summed E-state index contributed by atoms with van der Waals surface area (Å²) in [5.74, 6) is 3.83. The van der Waals surface area contributed by atoms with Gasteiger partial charge in [-0.05, 0) is 74.6 Å². The molecule has 6 rings (SSSR count). The van der Waals surface area contributed by atoms with Crippen molar-refractivity contribution in [2.45, 2.75) is 42.7 Å². The number of benzene rings is 1. The summed E-state index contributed by atoms with van der Waals surface area (Å²) in [5, 5.41) is 14.2. The fourth-order valence-electron chi connectivity index (χ4n) is 4.66. The van der Waals surface area contributed by atoms with Crippen molar-refractivity contribution in [1.82, 2.24) is 25.1 Å². The molecule has 11 heteroatoms. The molecule has 2 aliphatic carbocycles. The van der Waals surface area contributed by atoms with Crippen LogP contribution in [0.4, 0.5) is 23.1 Å². The smallest absolute Gasteiger partial charge is 0.227 e. The summed E-state index contributed by atoms with van der Waals surface area (Å²) < 4.78 is 5.86. The molecule has 0 unspecified atom stereocenters. The number of ether oxygens (including phenoxy) is 1. The van der Waals surface area contributed by atoms with Crippen LogP contribution in [0, 0.1) is 18.8 Å². The fraction of sp³-hybridized carbons (Fsp3) is 0.481. The van der Waals surface area contributed by atoms with E-state index in [4.69, 9.17) is 14.7 Å². The van der Waals surface area contributed by atoms with Gasteiger partial charge in [-0.2, -0.15) is 5.10 Å². The maximum absolute atomic E-state index is 12.1. The second kappa shape index (κ2) is 10.8. The van der Waals surface area contributed by atoms with Crippen molar-refractivity contribution in [1.29, 1.82) is 0 Å². The van der Waals surface area contributed by atoms with Gasteiger partial charge in [-0.1, -0.05) is 0 Å². The van der Waals surface area contributed by atoms with E-state index >= 15 is 0 Å². The van der Waals surface area contributed by atoms with Gasteiger partial charge in [0.15, 0.2) is 22.6 Å². The first-order valence-corrected chi connectivity index (χ1v) is 14.2. The van der Waals surface area contributed by atoms with Gasteiger partial charge >= 0.3 is 0 Å². The van der Waals surface area contributed by atoms with E-state index in [2.05, 4.69) is 30.6 Å². The molecule has 2 saturated carbocycles. The second-order valence-corrected chi connectivity index (χ2v) is 11.4. The van der Waals surface area contributed by atoms with Crippen LogP contribution in [0.5, 0.6) is 5.75 Å². The van der Waals surface area contributed by atoms with E-state index in [9.17, 15) is 4.79 Å². The molecular formula is C27H34N8O2S. The number of methoxy groups -OCH3 is 1. The SMILES string of the molecule is COc1c(Nc2cc(C)[nH]n2)nc(Sc2ccc(NC(=O)C3CC3)cc2)nc1N1CCN(CC2CC2)CC1. The number of carbonyl (C=O) groups is 1. The van der Waals surface area contributed by atoms with Gasteiger partial charge in [0, 0.05) is 61.0 Å². The quantitative estimate of drug-likeness (QED) is 0.328. The number of anilines is 4. The van der Waals surface area contributed by atoms with E-state index in [-0.39, 0.29) is 11.8 Å². The number of aryl methyl sites for hydroxylation is 1. The lowest BCUT2D eigenvalue weighted by molar-refractivity contribution is -0.117. The lowest BCUT2D eigenvalue weighted by atomic mass is 10.2. The Morgan fingerprint density at radius 1 is 1.11 bits per heavy atom. The summed E-state index contributed by atoms with van der Waals surface area (Å²) in [7, 11) is 1.66. The number of nitrogens with zero attached hydrogens (tertiary/aromatic N) is 5. The number of aromatic amines is 1. The average molecular weight is 535 g/mol. The van der Waals surface area contributed by atoms with Gasteiger partial charge in [0.2, 0.25) is 11.7 Å². The van der Waals surface area contributed by atoms with Crippen molar-refractivity contribution in [2.24, 2.45) is 11.8 Å². The Morgan fingerprint density at radius 3 is 2.50 bits per heavy atom. The molecule has 1 amide bonds. The van der Waals surface area contributed by atoms with Crippen molar-refractivity contribution < 1.29 is 9.53 Å². The number of aromatic nitrogens is 4. The molecule has 38 heavy (non-hydrogen) atoms. The van der Waals surface area contributed by atoms with E-state index < -0.39 is 0 Å². The molecule has 0 radical (unpaired) electrons. The van der Waals surface area contributed by atoms with E-state index in [1.807, 2.05) is 37.3 Å². The zero-order valence-electron chi connectivity index (χ0n) is 21.9. The molecule has 1 aliphatic heterocycles. The minimum Gasteiger partial charge on any atom is -0.490 e. The van der Waals surface area contributed by atoms with Crippen molar-refractivity contribution in [2.75, 3.05) is 55.4 Å². The lowest BCUT2D eigenvalue weighted by Crippen LogP contribution is -2.47. The monoisotopic (exact) mass is 534 g/mol. The lowest BCUT2D eigenvalue weighted by Gasteiger charge is -2.36. The Bertz CT molecular complexity index is 1280. The number of hydrogen-bond donors (Lipinski definition) is 3. The molecule has 200 valence electrons. The van der Waals surface area contributed by atoms with Crippen LogP contribution in [0.2, 0.25) is 0 Å². The molecule has 3 N–H and O–H groups in total. The molecule has 3 aliphatic rings. The number of H-pyrrole nitrogens is 1. The number of hydrogen-bond acceptors (Lipinski definition) is 9. The third-order valence-electron chi connectivity index (χ3n) is 7.15. The normalized spacial score (nSPS) is 17.9. The first-order chi connectivity index (χ1) is 18.5. The summed E-state index contributed by atoms with van der Waals surface area (Å²) in [6.07, 6.45) is 4.72. The predicted molar refractivity (Wildman–Crippen MR) is 148 cm³/mol. The Labute approximate surface area is 226 Å². The van der Waals surface area contributed by atoms with Gasteiger partial charge in [-0.25, -0.2) is 9.97 Å². The van der Waals surface area contributed by atoms with Crippen molar-refractivity contribution in [3.63, 3.8) is 0 Å². The van der Waals surface area contributed by atoms with E-state index in [0.29, 0.717) is 22.5 Å². The Balaban J connectivity index is 1.24. The van der Waals surface area contributed by atoms with Crippen LogP contribution in [0.15, 0.2) is 40.4 Å². The molecule has 0 bridgehead atoms. The number of carbonyl (C=O) groups excluding carboxylic acids is 1. The summed E-state index contributed by atoms with van der Waals surface area (Å²) in [4.78, 5) is 27.7. The van der Waals surface area contributed by atoms with Gasteiger partial charge in [0.05, 0.1) is 7.11 Å². The molecule has 0 atom stereocenters. The topological polar surface area (TPSA) is 111 Å². The first kappa shape index (κ1) is 25.0. The molecule has 10 nitrogen and oxygen atoms in total. The maximum Gasteiger partial charge on any atom is 0.227 e. The van der Waals surface area contributed by atoms with Gasteiger partial charge in [-0.15, -0.1) is 0 Å². The minimum absolute atomic E-state index is 0.107. The number of amides is 1. The van der Waals surface area contributed by atoms with E-state index in [1.54, 1.807) is 7.11 Å². The summed E-state index contributed by atoms with van der Waals surface area (Å²) in [6, 6.07) is 9.76. The second-order valence-electron chi connectivity index (χ2n) is 10.4. The van der Waals surface area contributed by atoms with Crippen LogP contribution in [-0.4, -0.2) is 70.8 Å². The molecule has 3 heterocycles. The third kappa shape index (κ3) is 6.05. The van der Waals surface area contributed by atoms with Gasteiger partial charge < -0.3 is 20.3 Å². The predicted octanol–water partition coefficient (Wildman–Crippen LogP) is 4.29. The standard InChI is InChI=1S/C27H34N8O2S/c1-17-15-22(33-32-17)29-24-23(37-2)25(35-13-11-34(12-14-35)16-18-3-4-18)31-27(30-24)38-21-9-7-20(8-10-21)28-26(36)19-5-6-19/h7-10,15,18-19H,3-6,11-14,16H2,1-2H3,(H,28,36)(H2,29,30,31,32,33). The highest BCUT2D eigenvalue weighted by Gasteiger charge is 2.30.